The van der Waals surface area contributed by atoms with Gasteiger partial charge in [0.2, 0.25) is 0 Å². The number of rotatable bonds is 3. The Morgan fingerprint density at radius 2 is 1.71 bits per heavy atom. The van der Waals surface area contributed by atoms with Crippen molar-refractivity contribution in [2.45, 2.75) is 50.3 Å². The maximum atomic E-state index is 9.57. The molecule has 0 aromatic rings. The Kier molecular flexibility index (Phi) is 4.07. The Balaban J connectivity index is 2.67. The number of aliphatic hydroxyl groups excluding tert-OH is 3. The molecule has 5 unspecified atom stereocenters. The molecule has 4 heteroatoms. The lowest BCUT2D eigenvalue weighted by Gasteiger charge is -2.40. The summed E-state index contributed by atoms with van der Waals surface area (Å²) in [5.74, 6) is 0. The van der Waals surface area contributed by atoms with Crippen molar-refractivity contribution in [3.8, 4) is 0 Å². The molecule has 1 saturated heterocycles. The van der Waals surface area contributed by atoms with E-state index < -0.39 is 30.5 Å². The Bertz CT molecular complexity index is 193. The van der Waals surface area contributed by atoms with Crippen molar-refractivity contribution in [2.24, 2.45) is 0 Å². The van der Waals surface area contributed by atoms with Gasteiger partial charge in [-0.3, -0.25) is 0 Å². The minimum atomic E-state index is -1.13. The highest BCUT2D eigenvalue weighted by molar-refractivity contribution is 4.93. The summed E-state index contributed by atoms with van der Waals surface area (Å²) in [4.78, 5) is 0. The molecule has 0 aromatic carbocycles. The van der Waals surface area contributed by atoms with Gasteiger partial charge in [-0.1, -0.05) is 13.0 Å². The fourth-order valence-electron chi connectivity index (χ4n) is 1.72. The lowest BCUT2D eigenvalue weighted by atomic mass is 9.92. The molecule has 0 bridgehead atoms. The summed E-state index contributed by atoms with van der Waals surface area (Å²) in [5, 5.41) is 28.6. The lowest BCUT2D eigenvalue weighted by molar-refractivity contribution is -0.221. The molecule has 3 N–H and O–H groups in total. The predicted molar refractivity (Wildman–Crippen MR) is 51.8 cm³/mol. The smallest absolute Gasteiger partial charge is 0.111 e. The fourth-order valence-corrected chi connectivity index (χ4v) is 1.72. The van der Waals surface area contributed by atoms with E-state index in [-0.39, 0.29) is 0 Å². The van der Waals surface area contributed by atoms with Crippen LogP contribution in [0.4, 0.5) is 0 Å². The molecule has 0 spiro atoms. The largest absolute Gasteiger partial charge is 0.388 e. The third kappa shape index (κ3) is 2.15. The zero-order valence-electron chi connectivity index (χ0n) is 8.34. The Labute approximate surface area is 83.8 Å². The average molecular weight is 202 g/mol. The number of hydrogen-bond acceptors (Lipinski definition) is 4. The molecule has 0 aromatic heterocycles. The average Bonchev–Trinajstić information content (AvgIpc) is 2.19. The van der Waals surface area contributed by atoms with Gasteiger partial charge in [0, 0.05) is 0 Å². The SMILES string of the molecule is C=CCC1OC(CC)C(O)C(O)C1O. The molecular formula is C10H18O4. The van der Waals surface area contributed by atoms with Crippen LogP contribution in [0, 0.1) is 0 Å². The second-order valence-electron chi connectivity index (χ2n) is 3.62. The highest BCUT2D eigenvalue weighted by Gasteiger charge is 2.41. The molecule has 82 valence electrons. The van der Waals surface area contributed by atoms with Gasteiger partial charge in [-0.05, 0) is 12.8 Å². The van der Waals surface area contributed by atoms with E-state index in [2.05, 4.69) is 6.58 Å². The number of hydrogen-bond donors (Lipinski definition) is 3. The van der Waals surface area contributed by atoms with E-state index in [1.54, 1.807) is 6.08 Å². The molecule has 14 heavy (non-hydrogen) atoms. The van der Waals surface area contributed by atoms with Crippen molar-refractivity contribution in [1.29, 1.82) is 0 Å². The first-order valence-electron chi connectivity index (χ1n) is 4.92. The Morgan fingerprint density at radius 1 is 1.14 bits per heavy atom. The van der Waals surface area contributed by atoms with E-state index in [0.29, 0.717) is 12.8 Å². The molecule has 1 heterocycles. The van der Waals surface area contributed by atoms with Gasteiger partial charge in [0.15, 0.2) is 0 Å². The highest BCUT2D eigenvalue weighted by Crippen LogP contribution is 2.24. The first-order chi connectivity index (χ1) is 6.61. The van der Waals surface area contributed by atoms with E-state index in [1.807, 2.05) is 6.92 Å². The fraction of sp³-hybridized carbons (Fsp3) is 0.800. The molecule has 1 rings (SSSR count). The van der Waals surface area contributed by atoms with Gasteiger partial charge in [0.25, 0.3) is 0 Å². The van der Waals surface area contributed by atoms with Gasteiger partial charge in [-0.2, -0.15) is 0 Å². The monoisotopic (exact) mass is 202 g/mol. The molecule has 1 fully saturated rings. The van der Waals surface area contributed by atoms with Crippen molar-refractivity contribution in [2.75, 3.05) is 0 Å². The van der Waals surface area contributed by atoms with Crippen LogP contribution in [0.3, 0.4) is 0 Å². The van der Waals surface area contributed by atoms with Crippen molar-refractivity contribution >= 4 is 0 Å². The van der Waals surface area contributed by atoms with E-state index in [1.165, 1.54) is 0 Å². The molecule has 0 radical (unpaired) electrons. The third-order valence-corrected chi connectivity index (χ3v) is 2.61. The normalized spacial score (nSPS) is 43.6. The molecule has 1 aliphatic rings. The quantitative estimate of drug-likeness (QED) is 0.555. The van der Waals surface area contributed by atoms with Crippen LogP contribution in [0.25, 0.3) is 0 Å². The number of ether oxygens (including phenoxy) is 1. The zero-order valence-corrected chi connectivity index (χ0v) is 8.34. The van der Waals surface area contributed by atoms with E-state index in [4.69, 9.17) is 4.74 Å². The van der Waals surface area contributed by atoms with Gasteiger partial charge in [0.1, 0.15) is 18.3 Å². The van der Waals surface area contributed by atoms with E-state index in [0.717, 1.165) is 0 Å². The lowest BCUT2D eigenvalue weighted by Crippen LogP contribution is -2.57. The van der Waals surface area contributed by atoms with Gasteiger partial charge < -0.3 is 20.1 Å². The summed E-state index contributed by atoms with van der Waals surface area (Å²) in [7, 11) is 0. The molecule has 0 amide bonds. The maximum absolute atomic E-state index is 9.57. The van der Waals surface area contributed by atoms with Crippen LogP contribution in [-0.2, 0) is 4.74 Å². The first kappa shape index (κ1) is 11.7. The second kappa shape index (κ2) is 4.89. The number of aliphatic hydroxyl groups is 3. The summed E-state index contributed by atoms with van der Waals surface area (Å²) in [6.45, 7) is 5.41. The molecule has 5 atom stereocenters. The minimum Gasteiger partial charge on any atom is -0.388 e. The van der Waals surface area contributed by atoms with Crippen LogP contribution >= 0.6 is 0 Å². The zero-order chi connectivity index (χ0) is 10.7. The second-order valence-corrected chi connectivity index (χ2v) is 3.62. The highest BCUT2D eigenvalue weighted by atomic mass is 16.5. The van der Waals surface area contributed by atoms with Crippen LogP contribution in [0.1, 0.15) is 19.8 Å². The summed E-state index contributed by atoms with van der Waals surface area (Å²) in [6, 6.07) is 0. The molecule has 4 nitrogen and oxygen atoms in total. The van der Waals surface area contributed by atoms with Gasteiger partial charge in [0.05, 0.1) is 12.2 Å². The Morgan fingerprint density at radius 3 is 2.21 bits per heavy atom. The van der Waals surface area contributed by atoms with E-state index >= 15 is 0 Å². The summed E-state index contributed by atoms with van der Waals surface area (Å²) in [5.41, 5.74) is 0. The molecular weight excluding hydrogens is 184 g/mol. The topological polar surface area (TPSA) is 69.9 Å². The van der Waals surface area contributed by atoms with Crippen LogP contribution in [0.15, 0.2) is 12.7 Å². The predicted octanol–water partition coefficient (Wildman–Crippen LogP) is -0.177. The minimum absolute atomic E-state index is 0.404. The van der Waals surface area contributed by atoms with Gasteiger partial charge in [-0.15, -0.1) is 6.58 Å². The van der Waals surface area contributed by atoms with Crippen LogP contribution < -0.4 is 0 Å². The van der Waals surface area contributed by atoms with Gasteiger partial charge >= 0.3 is 0 Å². The first-order valence-corrected chi connectivity index (χ1v) is 4.92. The standard InChI is InChI=1S/C10H18O4/c1-3-5-7-9(12)10(13)8(11)6(4-2)14-7/h3,6-13H,1,4-5H2,2H3. The van der Waals surface area contributed by atoms with Crippen LogP contribution in [0.5, 0.6) is 0 Å². The van der Waals surface area contributed by atoms with Crippen molar-refractivity contribution in [3.05, 3.63) is 12.7 Å². The van der Waals surface area contributed by atoms with Crippen molar-refractivity contribution in [3.63, 3.8) is 0 Å². The van der Waals surface area contributed by atoms with Crippen molar-refractivity contribution < 1.29 is 20.1 Å². The van der Waals surface area contributed by atoms with Crippen molar-refractivity contribution in [1.82, 2.24) is 0 Å². The maximum Gasteiger partial charge on any atom is 0.111 e. The van der Waals surface area contributed by atoms with Crippen LogP contribution in [-0.4, -0.2) is 45.8 Å². The summed E-state index contributed by atoms with van der Waals surface area (Å²) in [6.07, 6.45) is -1.32. The van der Waals surface area contributed by atoms with Gasteiger partial charge in [-0.25, -0.2) is 0 Å². The molecule has 0 saturated carbocycles. The van der Waals surface area contributed by atoms with E-state index in [9.17, 15) is 15.3 Å². The van der Waals surface area contributed by atoms with Crippen LogP contribution in [0.2, 0.25) is 0 Å². The molecule has 1 aliphatic heterocycles. The summed E-state index contributed by atoms with van der Waals surface area (Å²) >= 11 is 0. The summed E-state index contributed by atoms with van der Waals surface area (Å²) < 4.78 is 5.44. The third-order valence-electron chi connectivity index (χ3n) is 2.61. The Hall–Kier alpha value is -0.420. The molecule has 0 aliphatic carbocycles.